The molecule has 0 saturated carbocycles. The Kier molecular flexibility index (Phi) is 2.84. The van der Waals surface area contributed by atoms with E-state index in [1.54, 1.807) is 4.57 Å². The Morgan fingerprint density at radius 1 is 1.50 bits per heavy atom. The van der Waals surface area contributed by atoms with Crippen molar-refractivity contribution in [3.63, 3.8) is 0 Å². The molecule has 2 aromatic rings. The lowest BCUT2D eigenvalue weighted by Gasteiger charge is -2.40. The molecule has 3 rings (SSSR count). The molecule has 0 aliphatic carbocycles. The van der Waals surface area contributed by atoms with E-state index in [0.29, 0.717) is 15.0 Å². The number of rotatable bonds is 2. The summed E-state index contributed by atoms with van der Waals surface area (Å²) in [6.07, 6.45) is -0.461. The predicted octanol–water partition coefficient (Wildman–Crippen LogP) is -0.736. The first-order chi connectivity index (χ1) is 8.61. The standard InChI is InChI=1S/C9H10IN5O3/c10-9-13-6(11)4-7(14-9)15(2-12-4)8-5(17)3(1-16)18-8/h2-3,5,8,16-17H,1H2,(H2,11,13,14)/t3-,5-,8-/m1/s1. The number of hydrogen-bond donors (Lipinski definition) is 3. The van der Waals surface area contributed by atoms with Crippen LogP contribution in [0.25, 0.3) is 11.2 Å². The number of anilines is 1. The van der Waals surface area contributed by atoms with E-state index < -0.39 is 18.4 Å². The molecule has 1 saturated heterocycles. The van der Waals surface area contributed by atoms with Gasteiger partial charge in [0.2, 0.25) is 0 Å². The molecule has 9 heteroatoms. The molecule has 2 aromatic heterocycles. The number of nitrogens with zero attached hydrogens (tertiary/aromatic N) is 4. The average Bonchev–Trinajstić information content (AvgIpc) is 2.72. The monoisotopic (exact) mass is 363 g/mol. The number of aliphatic hydroxyl groups is 2. The van der Waals surface area contributed by atoms with E-state index >= 15 is 0 Å². The van der Waals surface area contributed by atoms with Crippen molar-refractivity contribution in [3.8, 4) is 0 Å². The van der Waals surface area contributed by atoms with Crippen LogP contribution in [0.3, 0.4) is 0 Å². The predicted molar refractivity (Wildman–Crippen MR) is 69.5 cm³/mol. The summed E-state index contributed by atoms with van der Waals surface area (Å²) in [6, 6.07) is 0. The number of halogens is 1. The van der Waals surface area contributed by atoms with E-state index in [4.69, 9.17) is 15.6 Å². The highest BCUT2D eigenvalue weighted by atomic mass is 127. The summed E-state index contributed by atoms with van der Waals surface area (Å²) >= 11 is 1.95. The molecule has 0 unspecified atom stereocenters. The number of imidazole rings is 1. The fraction of sp³-hybridized carbons (Fsp3) is 0.444. The first kappa shape index (κ1) is 12.0. The summed E-state index contributed by atoms with van der Waals surface area (Å²) in [4.78, 5) is 12.3. The second-order valence-electron chi connectivity index (χ2n) is 3.94. The van der Waals surface area contributed by atoms with E-state index in [1.165, 1.54) is 6.33 Å². The van der Waals surface area contributed by atoms with Crippen molar-refractivity contribution in [1.82, 2.24) is 19.5 Å². The molecule has 8 nitrogen and oxygen atoms in total. The van der Waals surface area contributed by atoms with Gasteiger partial charge < -0.3 is 20.7 Å². The summed E-state index contributed by atoms with van der Waals surface area (Å²) in [5.74, 6) is 0.288. The van der Waals surface area contributed by atoms with Crippen LogP contribution in [0.4, 0.5) is 5.82 Å². The molecule has 18 heavy (non-hydrogen) atoms. The Morgan fingerprint density at radius 2 is 2.28 bits per heavy atom. The summed E-state index contributed by atoms with van der Waals surface area (Å²) in [5, 5.41) is 18.7. The van der Waals surface area contributed by atoms with Gasteiger partial charge in [-0.3, -0.25) is 4.57 Å². The van der Waals surface area contributed by atoms with Gasteiger partial charge in [0.05, 0.1) is 12.9 Å². The van der Waals surface area contributed by atoms with Crippen molar-refractivity contribution in [3.05, 3.63) is 10.2 Å². The van der Waals surface area contributed by atoms with Crippen LogP contribution in [-0.2, 0) is 4.74 Å². The number of nitrogen functional groups attached to an aromatic ring is 1. The minimum absolute atomic E-state index is 0.223. The van der Waals surface area contributed by atoms with Crippen LogP contribution in [-0.4, -0.2) is 48.5 Å². The highest BCUT2D eigenvalue weighted by Gasteiger charge is 2.42. The molecule has 0 aromatic carbocycles. The molecule has 0 spiro atoms. The maximum absolute atomic E-state index is 9.83. The maximum Gasteiger partial charge on any atom is 0.194 e. The molecule has 4 N–H and O–H groups in total. The highest BCUT2D eigenvalue weighted by molar-refractivity contribution is 14.1. The van der Waals surface area contributed by atoms with Crippen LogP contribution < -0.4 is 5.73 Å². The Hall–Kier alpha value is -1.04. The molecule has 0 radical (unpaired) electrons. The SMILES string of the molecule is Nc1nc(I)nc2c1ncn2[C@@H]1O[C@H](CO)[C@H]1O. The lowest BCUT2D eigenvalue weighted by molar-refractivity contribution is -0.264. The molecule has 3 heterocycles. The van der Waals surface area contributed by atoms with Gasteiger partial charge in [-0.05, 0) is 0 Å². The van der Waals surface area contributed by atoms with Gasteiger partial charge in [0, 0.05) is 22.6 Å². The Bertz CT molecular complexity index is 603. The van der Waals surface area contributed by atoms with Crippen LogP contribution >= 0.6 is 22.6 Å². The summed E-state index contributed by atoms with van der Waals surface area (Å²) < 4.78 is 7.43. The van der Waals surface area contributed by atoms with Crippen LogP contribution in [0.5, 0.6) is 0 Å². The number of ether oxygens (including phenoxy) is 1. The van der Waals surface area contributed by atoms with Crippen LogP contribution in [0.15, 0.2) is 6.33 Å². The van der Waals surface area contributed by atoms with Crippen molar-refractivity contribution in [1.29, 1.82) is 0 Å². The van der Waals surface area contributed by atoms with Crippen molar-refractivity contribution < 1.29 is 14.9 Å². The third-order valence-corrected chi connectivity index (χ3v) is 3.34. The molecule has 96 valence electrons. The van der Waals surface area contributed by atoms with E-state index in [0.717, 1.165) is 0 Å². The zero-order valence-electron chi connectivity index (χ0n) is 9.06. The Morgan fingerprint density at radius 3 is 2.94 bits per heavy atom. The van der Waals surface area contributed by atoms with E-state index in [1.807, 2.05) is 22.6 Å². The fourth-order valence-corrected chi connectivity index (χ4v) is 2.40. The quantitative estimate of drug-likeness (QED) is 0.475. The number of hydrogen-bond acceptors (Lipinski definition) is 7. The fourth-order valence-electron chi connectivity index (χ4n) is 1.91. The van der Waals surface area contributed by atoms with Crippen LogP contribution in [0, 0.1) is 3.83 Å². The van der Waals surface area contributed by atoms with Gasteiger partial charge in [0.15, 0.2) is 21.5 Å². The van der Waals surface area contributed by atoms with Gasteiger partial charge in [-0.1, -0.05) is 0 Å². The summed E-state index contributed by atoms with van der Waals surface area (Å²) in [7, 11) is 0. The van der Waals surface area contributed by atoms with Crippen molar-refractivity contribution in [2.45, 2.75) is 18.4 Å². The number of aromatic nitrogens is 4. The summed E-state index contributed by atoms with van der Waals surface area (Å²) in [5.41, 5.74) is 6.72. The van der Waals surface area contributed by atoms with Crippen LogP contribution in [0.1, 0.15) is 6.23 Å². The van der Waals surface area contributed by atoms with Crippen molar-refractivity contribution in [2.75, 3.05) is 12.3 Å². The number of aliphatic hydroxyl groups excluding tert-OH is 2. The normalized spacial score (nSPS) is 27.4. The topological polar surface area (TPSA) is 119 Å². The summed E-state index contributed by atoms with van der Waals surface area (Å²) in [6.45, 7) is -0.223. The molecular weight excluding hydrogens is 353 g/mol. The third kappa shape index (κ3) is 1.66. The van der Waals surface area contributed by atoms with Gasteiger partial charge in [0.25, 0.3) is 0 Å². The van der Waals surface area contributed by atoms with Gasteiger partial charge in [-0.15, -0.1) is 0 Å². The Labute approximate surface area is 115 Å². The largest absolute Gasteiger partial charge is 0.394 e. The van der Waals surface area contributed by atoms with Crippen molar-refractivity contribution in [2.24, 2.45) is 0 Å². The minimum atomic E-state index is -0.791. The van der Waals surface area contributed by atoms with Gasteiger partial charge >= 0.3 is 0 Å². The highest BCUT2D eigenvalue weighted by Crippen LogP contribution is 2.33. The van der Waals surface area contributed by atoms with E-state index in [2.05, 4.69) is 15.0 Å². The first-order valence-corrected chi connectivity index (χ1v) is 6.29. The maximum atomic E-state index is 9.83. The molecule has 0 bridgehead atoms. The zero-order chi connectivity index (χ0) is 12.9. The Balaban J connectivity index is 2.04. The van der Waals surface area contributed by atoms with Gasteiger partial charge in [-0.2, -0.15) is 0 Å². The molecule has 1 aliphatic rings. The lowest BCUT2D eigenvalue weighted by Crippen LogP contribution is -2.52. The van der Waals surface area contributed by atoms with Crippen LogP contribution in [0.2, 0.25) is 0 Å². The molecule has 3 atom stereocenters. The number of fused-ring (bicyclic) bond motifs is 1. The second-order valence-corrected chi connectivity index (χ2v) is 4.91. The minimum Gasteiger partial charge on any atom is -0.394 e. The van der Waals surface area contributed by atoms with E-state index in [9.17, 15) is 5.11 Å². The molecule has 0 amide bonds. The molecule has 1 fully saturated rings. The lowest BCUT2D eigenvalue weighted by atomic mass is 10.1. The first-order valence-electron chi connectivity index (χ1n) is 5.21. The average molecular weight is 363 g/mol. The van der Waals surface area contributed by atoms with Crippen molar-refractivity contribution >= 4 is 39.6 Å². The molecule has 1 aliphatic heterocycles. The van der Waals surface area contributed by atoms with Gasteiger partial charge in [-0.25, -0.2) is 15.0 Å². The van der Waals surface area contributed by atoms with E-state index in [-0.39, 0.29) is 12.4 Å². The smallest absolute Gasteiger partial charge is 0.194 e. The third-order valence-electron chi connectivity index (χ3n) is 2.86. The molecular formula is C9H10IN5O3. The van der Waals surface area contributed by atoms with Gasteiger partial charge in [0.1, 0.15) is 17.7 Å². The zero-order valence-corrected chi connectivity index (χ0v) is 11.2. The number of nitrogens with two attached hydrogens (primary N) is 1. The second kappa shape index (κ2) is 4.26.